The van der Waals surface area contributed by atoms with Crippen LogP contribution in [0.3, 0.4) is 0 Å². The van der Waals surface area contributed by atoms with Gasteiger partial charge in [-0.25, -0.2) is 4.79 Å². The number of esters is 1. The van der Waals surface area contributed by atoms with Gasteiger partial charge < -0.3 is 10.1 Å². The average molecular weight is 323 g/mol. The normalized spacial score (nSPS) is 10.6. The summed E-state index contributed by atoms with van der Waals surface area (Å²) in [6.07, 6.45) is 3.99. The average Bonchev–Trinajstić information content (AvgIpc) is 2.62. The van der Waals surface area contributed by atoms with Gasteiger partial charge in [0.15, 0.2) is 5.78 Å². The summed E-state index contributed by atoms with van der Waals surface area (Å²) in [4.78, 5) is 23.8. The first kappa shape index (κ1) is 17.5. The number of hydrogen-bond acceptors (Lipinski definition) is 4. The Morgan fingerprint density at radius 1 is 1.04 bits per heavy atom. The SMILES string of the molecule is CCOC(=O)c1cccc(N/C=C/C(=O)c2ccc(CC)cc2)c1. The highest BCUT2D eigenvalue weighted by atomic mass is 16.5. The van der Waals surface area contributed by atoms with E-state index in [2.05, 4.69) is 12.2 Å². The molecule has 0 aliphatic carbocycles. The van der Waals surface area contributed by atoms with Crippen molar-refractivity contribution in [2.24, 2.45) is 0 Å². The summed E-state index contributed by atoms with van der Waals surface area (Å²) in [7, 11) is 0. The van der Waals surface area contributed by atoms with Crippen LogP contribution in [0.5, 0.6) is 0 Å². The van der Waals surface area contributed by atoms with E-state index in [9.17, 15) is 9.59 Å². The first-order chi connectivity index (χ1) is 11.6. The Hall–Kier alpha value is -2.88. The van der Waals surface area contributed by atoms with Crippen molar-refractivity contribution in [3.05, 3.63) is 77.5 Å². The van der Waals surface area contributed by atoms with Crippen molar-refractivity contribution < 1.29 is 14.3 Å². The molecule has 0 aromatic heterocycles. The minimum Gasteiger partial charge on any atom is -0.462 e. The van der Waals surface area contributed by atoms with Crippen LogP contribution >= 0.6 is 0 Å². The number of hydrogen-bond donors (Lipinski definition) is 1. The molecule has 0 saturated carbocycles. The lowest BCUT2D eigenvalue weighted by atomic mass is 10.1. The lowest BCUT2D eigenvalue weighted by Crippen LogP contribution is -2.04. The van der Waals surface area contributed by atoms with Crippen molar-refractivity contribution in [2.45, 2.75) is 20.3 Å². The molecule has 2 aromatic carbocycles. The number of ether oxygens (including phenoxy) is 1. The minimum atomic E-state index is -0.364. The molecule has 124 valence electrons. The number of benzene rings is 2. The van der Waals surface area contributed by atoms with Crippen LogP contribution in [-0.4, -0.2) is 18.4 Å². The largest absolute Gasteiger partial charge is 0.462 e. The van der Waals surface area contributed by atoms with Gasteiger partial charge in [-0.2, -0.15) is 0 Å². The zero-order valence-corrected chi connectivity index (χ0v) is 13.9. The van der Waals surface area contributed by atoms with E-state index >= 15 is 0 Å². The van der Waals surface area contributed by atoms with Gasteiger partial charge in [-0.3, -0.25) is 4.79 Å². The molecule has 4 nitrogen and oxygen atoms in total. The molecule has 0 spiro atoms. The fourth-order valence-corrected chi connectivity index (χ4v) is 2.16. The smallest absolute Gasteiger partial charge is 0.338 e. The Morgan fingerprint density at radius 3 is 2.46 bits per heavy atom. The molecule has 0 aliphatic rings. The number of allylic oxidation sites excluding steroid dienone is 1. The number of aryl methyl sites for hydroxylation is 1. The Labute approximate surface area is 142 Å². The number of carbonyl (C=O) groups is 2. The molecule has 0 unspecified atom stereocenters. The van der Waals surface area contributed by atoms with Crippen molar-refractivity contribution in [3.8, 4) is 0 Å². The van der Waals surface area contributed by atoms with E-state index in [0.717, 1.165) is 6.42 Å². The van der Waals surface area contributed by atoms with Gasteiger partial charge in [0.25, 0.3) is 0 Å². The highest BCUT2D eigenvalue weighted by molar-refractivity contribution is 6.04. The van der Waals surface area contributed by atoms with Gasteiger partial charge >= 0.3 is 5.97 Å². The first-order valence-corrected chi connectivity index (χ1v) is 7.97. The third-order valence-electron chi connectivity index (χ3n) is 3.51. The summed E-state index contributed by atoms with van der Waals surface area (Å²) in [6.45, 7) is 4.17. The molecule has 0 bridgehead atoms. The topological polar surface area (TPSA) is 55.4 Å². The fraction of sp³-hybridized carbons (Fsp3) is 0.200. The highest BCUT2D eigenvalue weighted by Crippen LogP contribution is 2.12. The molecule has 24 heavy (non-hydrogen) atoms. The first-order valence-electron chi connectivity index (χ1n) is 7.97. The van der Waals surface area contributed by atoms with Crippen molar-refractivity contribution >= 4 is 17.4 Å². The van der Waals surface area contributed by atoms with Crippen LogP contribution in [-0.2, 0) is 11.2 Å². The second kappa shape index (κ2) is 8.67. The lowest BCUT2D eigenvalue weighted by molar-refractivity contribution is 0.0526. The molecule has 2 aromatic rings. The summed E-state index contributed by atoms with van der Waals surface area (Å²) in [5, 5.41) is 3.00. The summed E-state index contributed by atoms with van der Waals surface area (Å²) in [5.41, 5.74) is 3.03. The molecule has 0 heterocycles. The van der Waals surface area contributed by atoms with E-state index in [1.165, 1.54) is 11.6 Å². The fourth-order valence-electron chi connectivity index (χ4n) is 2.16. The maximum atomic E-state index is 12.1. The lowest BCUT2D eigenvalue weighted by Gasteiger charge is -2.05. The van der Waals surface area contributed by atoms with Gasteiger partial charge in [0.1, 0.15) is 0 Å². The number of nitrogens with one attached hydrogen (secondary N) is 1. The van der Waals surface area contributed by atoms with Crippen LogP contribution in [0.1, 0.15) is 40.1 Å². The number of carbonyl (C=O) groups excluding carboxylic acids is 2. The van der Waals surface area contributed by atoms with Gasteiger partial charge in [0.05, 0.1) is 12.2 Å². The van der Waals surface area contributed by atoms with E-state index in [1.807, 2.05) is 30.3 Å². The van der Waals surface area contributed by atoms with Gasteiger partial charge in [0.2, 0.25) is 0 Å². The molecule has 0 aliphatic heterocycles. The molecule has 0 amide bonds. The van der Waals surface area contributed by atoms with Gasteiger partial charge in [-0.15, -0.1) is 0 Å². The van der Waals surface area contributed by atoms with Crippen molar-refractivity contribution in [3.63, 3.8) is 0 Å². The van der Waals surface area contributed by atoms with Crippen LogP contribution in [0.2, 0.25) is 0 Å². The van der Waals surface area contributed by atoms with Crippen LogP contribution in [0.4, 0.5) is 5.69 Å². The van der Waals surface area contributed by atoms with Crippen molar-refractivity contribution in [1.82, 2.24) is 0 Å². The van der Waals surface area contributed by atoms with E-state index in [4.69, 9.17) is 4.74 Å². The van der Waals surface area contributed by atoms with Crippen LogP contribution in [0.25, 0.3) is 0 Å². The van der Waals surface area contributed by atoms with Gasteiger partial charge in [-0.05, 0) is 37.1 Å². The molecule has 2 rings (SSSR count). The second-order valence-corrected chi connectivity index (χ2v) is 5.19. The Bertz CT molecular complexity index is 733. The summed E-state index contributed by atoms with van der Waals surface area (Å²) >= 11 is 0. The quantitative estimate of drug-likeness (QED) is 0.470. The molecule has 4 heteroatoms. The Morgan fingerprint density at radius 2 is 1.79 bits per heavy atom. The Balaban J connectivity index is 1.99. The molecular weight excluding hydrogens is 302 g/mol. The molecular formula is C20H21NO3. The van der Waals surface area contributed by atoms with Gasteiger partial charge in [0, 0.05) is 23.5 Å². The second-order valence-electron chi connectivity index (χ2n) is 5.19. The number of rotatable bonds is 7. The summed E-state index contributed by atoms with van der Waals surface area (Å²) in [5.74, 6) is -0.441. The standard InChI is InChI=1S/C20H21NO3/c1-3-15-8-10-16(11-9-15)19(22)12-13-21-18-7-5-6-17(14-18)20(23)24-4-2/h5-14,21H,3-4H2,1-2H3/b13-12+. The van der Waals surface area contributed by atoms with E-state index in [1.54, 1.807) is 31.3 Å². The van der Waals surface area contributed by atoms with Crippen LogP contribution in [0.15, 0.2) is 60.8 Å². The maximum absolute atomic E-state index is 12.1. The Kier molecular flexibility index (Phi) is 6.32. The molecule has 0 fully saturated rings. The number of ketones is 1. The van der Waals surface area contributed by atoms with Crippen LogP contribution < -0.4 is 5.32 Å². The molecule has 1 N–H and O–H groups in total. The molecule has 0 atom stereocenters. The minimum absolute atomic E-state index is 0.0771. The summed E-state index contributed by atoms with van der Waals surface area (Å²) < 4.78 is 4.96. The monoisotopic (exact) mass is 323 g/mol. The third kappa shape index (κ3) is 4.81. The van der Waals surface area contributed by atoms with Crippen molar-refractivity contribution in [2.75, 3.05) is 11.9 Å². The van der Waals surface area contributed by atoms with Crippen molar-refractivity contribution in [1.29, 1.82) is 0 Å². The van der Waals surface area contributed by atoms with E-state index < -0.39 is 0 Å². The zero-order chi connectivity index (χ0) is 17.4. The molecule has 0 radical (unpaired) electrons. The van der Waals surface area contributed by atoms with E-state index in [0.29, 0.717) is 23.4 Å². The summed E-state index contributed by atoms with van der Waals surface area (Å²) in [6, 6.07) is 14.5. The maximum Gasteiger partial charge on any atom is 0.338 e. The van der Waals surface area contributed by atoms with E-state index in [-0.39, 0.29) is 11.8 Å². The predicted molar refractivity (Wildman–Crippen MR) is 95.3 cm³/mol. The van der Waals surface area contributed by atoms with Crippen LogP contribution in [0, 0.1) is 0 Å². The number of anilines is 1. The van der Waals surface area contributed by atoms with Gasteiger partial charge in [-0.1, -0.05) is 37.3 Å². The zero-order valence-electron chi connectivity index (χ0n) is 13.9. The third-order valence-corrected chi connectivity index (χ3v) is 3.51. The highest BCUT2D eigenvalue weighted by Gasteiger charge is 2.06. The molecule has 0 saturated heterocycles. The predicted octanol–water partition coefficient (Wildman–Crippen LogP) is 4.23.